The number of methoxy groups -OCH3 is 2. The van der Waals surface area contributed by atoms with E-state index in [2.05, 4.69) is 39.9 Å². The Bertz CT molecular complexity index is 750. The molecular weight excluding hydrogens is 352 g/mol. The summed E-state index contributed by atoms with van der Waals surface area (Å²) < 4.78 is 12.5. The van der Waals surface area contributed by atoms with Crippen molar-refractivity contribution in [1.29, 1.82) is 0 Å². The van der Waals surface area contributed by atoms with E-state index in [0.717, 1.165) is 25.4 Å². The summed E-state index contributed by atoms with van der Waals surface area (Å²) in [7, 11) is 3.16. The quantitative estimate of drug-likeness (QED) is 0.611. The van der Waals surface area contributed by atoms with Crippen LogP contribution in [0.3, 0.4) is 0 Å². The van der Waals surface area contributed by atoms with E-state index in [4.69, 9.17) is 9.47 Å². The van der Waals surface area contributed by atoms with Gasteiger partial charge in [0.05, 0.1) is 20.8 Å². The Balaban J connectivity index is 1.69. The van der Waals surface area contributed by atoms with E-state index in [1.165, 1.54) is 50.5 Å². The fourth-order valence-corrected chi connectivity index (χ4v) is 4.11. The van der Waals surface area contributed by atoms with Gasteiger partial charge in [-0.2, -0.15) is 0 Å². The predicted molar refractivity (Wildman–Crippen MR) is 110 cm³/mol. The van der Waals surface area contributed by atoms with Gasteiger partial charge in [-0.25, -0.2) is 0 Å². The molecule has 3 rings (SSSR count). The smallest absolute Gasteiger partial charge is 0.319 e. The highest BCUT2D eigenvalue weighted by Crippen LogP contribution is 2.25. The maximum Gasteiger partial charge on any atom is 0.319 e. The van der Waals surface area contributed by atoms with E-state index < -0.39 is 0 Å². The third-order valence-corrected chi connectivity index (χ3v) is 5.62. The second-order valence-electron chi connectivity index (χ2n) is 7.73. The van der Waals surface area contributed by atoms with Crippen LogP contribution in [0.2, 0.25) is 0 Å². The number of nitrogens with zero attached hydrogens (tertiary/aromatic N) is 2. The topological polar surface area (TPSA) is 43.7 Å². The lowest BCUT2D eigenvalue weighted by molar-refractivity contribution is -0.142. The number of ether oxygens (including phenoxy) is 2. The van der Waals surface area contributed by atoms with Gasteiger partial charge in [0.1, 0.15) is 5.75 Å². The van der Waals surface area contributed by atoms with Crippen molar-refractivity contribution < 1.29 is 14.3 Å². The number of carbonyl (C=O) groups is 1. The van der Waals surface area contributed by atoms with Crippen molar-refractivity contribution in [2.75, 3.05) is 27.3 Å². The fourth-order valence-electron chi connectivity index (χ4n) is 4.11. The first-order chi connectivity index (χ1) is 13.7. The number of carbonyl (C=O) groups excluding carboxylic acids is 1. The second-order valence-corrected chi connectivity index (χ2v) is 7.73. The third kappa shape index (κ3) is 5.86. The van der Waals surface area contributed by atoms with Crippen molar-refractivity contribution in [1.82, 2.24) is 9.47 Å². The van der Waals surface area contributed by atoms with Crippen molar-refractivity contribution in [3.8, 4) is 5.75 Å². The van der Waals surface area contributed by atoms with E-state index in [1.807, 2.05) is 12.1 Å². The molecule has 2 aromatic rings. The number of aromatic nitrogens is 1. The van der Waals surface area contributed by atoms with Crippen molar-refractivity contribution in [2.45, 2.75) is 45.2 Å². The van der Waals surface area contributed by atoms with Gasteiger partial charge in [0.15, 0.2) is 0 Å². The largest absolute Gasteiger partial charge is 0.497 e. The van der Waals surface area contributed by atoms with Gasteiger partial charge in [-0.3, -0.25) is 9.69 Å². The van der Waals surface area contributed by atoms with Crippen molar-refractivity contribution >= 4 is 5.97 Å². The zero-order valence-corrected chi connectivity index (χ0v) is 17.1. The lowest BCUT2D eigenvalue weighted by Crippen LogP contribution is -2.35. The summed E-state index contributed by atoms with van der Waals surface area (Å²) in [5.41, 5.74) is 2.41. The Morgan fingerprint density at radius 2 is 1.96 bits per heavy atom. The zero-order chi connectivity index (χ0) is 19.8. The molecule has 1 aromatic heterocycles. The van der Waals surface area contributed by atoms with Gasteiger partial charge in [0.2, 0.25) is 0 Å². The van der Waals surface area contributed by atoms with Gasteiger partial charge in [-0.05, 0) is 48.6 Å². The normalized spacial score (nSPS) is 15.0. The first-order valence-corrected chi connectivity index (χ1v) is 10.2. The third-order valence-electron chi connectivity index (χ3n) is 5.62. The molecule has 5 nitrogen and oxygen atoms in total. The van der Waals surface area contributed by atoms with E-state index in [-0.39, 0.29) is 5.97 Å². The molecule has 1 fully saturated rings. The molecule has 0 atom stereocenters. The Morgan fingerprint density at radius 1 is 1.14 bits per heavy atom. The average Bonchev–Trinajstić information content (AvgIpc) is 3.15. The molecule has 1 saturated carbocycles. The predicted octanol–water partition coefficient (Wildman–Crippen LogP) is 4.10. The molecular formula is C23H32N2O3. The van der Waals surface area contributed by atoms with E-state index >= 15 is 0 Å². The summed E-state index contributed by atoms with van der Waals surface area (Å²) in [6, 6.07) is 12.4. The molecule has 0 saturated heterocycles. The molecule has 0 spiro atoms. The average molecular weight is 385 g/mol. The summed E-state index contributed by atoms with van der Waals surface area (Å²) in [4.78, 5) is 14.2. The highest BCUT2D eigenvalue weighted by atomic mass is 16.5. The number of hydrogen-bond acceptors (Lipinski definition) is 4. The molecule has 5 heteroatoms. The minimum atomic E-state index is -0.165. The maximum absolute atomic E-state index is 12.0. The number of hydrogen-bond donors (Lipinski definition) is 0. The van der Waals surface area contributed by atoms with Crippen LogP contribution < -0.4 is 4.74 Å². The molecule has 1 aliphatic carbocycles. The molecule has 0 amide bonds. The van der Waals surface area contributed by atoms with Crippen LogP contribution >= 0.6 is 0 Å². The SMILES string of the molecule is COC(=O)CN(Cc1cccn1Cc1cccc(OC)c1)CC1CCCCC1. The van der Waals surface area contributed by atoms with Crippen LogP contribution in [0.15, 0.2) is 42.6 Å². The van der Waals surface area contributed by atoms with Crippen LogP contribution in [0.25, 0.3) is 0 Å². The second kappa shape index (κ2) is 10.3. The molecule has 0 unspecified atom stereocenters. The minimum absolute atomic E-state index is 0.165. The summed E-state index contributed by atoms with van der Waals surface area (Å²) in [5, 5.41) is 0. The van der Waals surface area contributed by atoms with Crippen LogP contribution in [0, 0.1) is 5.92 Å². The fraction of sp³-hybridized carbons (Fsp3) is 0.522. The molecule has 1 aromatic carbocycles. The van der Waals surface area contributed by atoms with Crippen LogP contribution in [-0.4, -0.2) is 42.7 Å². The molecule has 28 heavy (non-hydrogen) atoms. The van der Waals surface area contributed by atoms with E-state index in [1.54, 1.807) is 7.11 Å². The van der Waals surface area contributed by atoms with E-state index in [9.17, 15) is 4.79 Å². The van der Waals surface area contributed by atoms with Crippen molar-refractivity contribution in [2.24, 2.45) is 5.92 Å². The summed E-state index contributed by atoms with van der Waals surface area (Å²) in [5.74, 6) is 1.39. The first-order valence-electron chi connectivity index (χ1n) is 10.2. The van der Waals surface area contributed by atoms with Gasteiger partial charge in [-0.1, -0.05) is 31.4 Å². The Kier molecular flexibility index (Phi) is 7.54. The molecule has 1 heterocycles. The number of esters is 1. The summed E-state index contributed by atoms with van der Waals surface area (Å²) in [6.45, 7) is 2.84. The lowest BCUT2D eigenvalue weighted by atomic mass is 9.89. The van der Waals surface area contributed by atoms with Crippen LogP contribution in [0.4, 0.5) is 0 Å². The Morgan fingerprint density at radius 3 is 2.71 bits per heavy atom. The van der Waals surface area contributed by atoms with Crippen LogP contribution in [-0.2, 0) is 22.6 Å². The van der Waals surface area contributed by atoms with Gasteiger partial charge >= 0.3 is 5.97 Å². The van der Waals surface area contributed by atoms with Crippen molar-refractivity contribution in [3.63, 3.8) is 0 Å². The summed E-state index contributed by atoms with van der Waals surface area (Å²) in [6.07, 6.45) is 8.60. The van der Waals surface area contributed by atoms with Crippen LogP contribution in [0.5, 0.6) is 5.75 Å². The minimum Gasteiger partial charge on any atom is -0.497 e. The van der Waals surface area contributed by atoms with Gasteiger partial charge in [0.25, 0.3) is 0 Å². The molecule has 0 aliphatic heterocycles. The molecule has 0 radical (unpaired) electrons. The zero-order valence-electron chi connectivity index (χ0n) is 17.1. The number of benzene rings is 1. The monoisotopic (exact) mass is 384 g/mol. The molecule has 0 bridgehead atoms. The summed E-state index contributed by atoms with van der Waals surface area (Å²) >= 11 is 0. The lowest BCUT2D eigenvalue weighted by Gasteiger charge is -2.29. The Labute approximate surface area is 168 Å². The molecule has 1 aliphatic rings. The molecule has 152 valence electrons. The first kappa shape index (κ1) is 20.5. The van der Waals surface area contributed by atoms with Gasteiger partial charge in [0, 0.05) is 31.5 Å². The van der Waals surface area contributed by atoms with Gasteiger partial charge < -0.3 is 14.0 Å². The van der Waals surface area contributed by atoms with Crippen molar-refractivity contribution in [3.05, 3.63) is 53.9 Å². The van der Waals surface area contributed by atoms with E-state index in [0.29, 0.717) is 12.5 Å². The number of rotatable bonds is 9. The maximum atomic E-state index is 12.0. The highest BCUT2D eigenvalue weighted by Gasteiger charge is 2.20. The standard InChI is InChI=1S/C23H32N2O3/c1-27-22-12-6-10-20(14-22)16-25-13-7-11-21(25)17-24(18-23(26)28-2)15-19-8-4-3-5-9-19/h6-7,10-14,19H,3-5,8-9,15-18H2,1-2H3. The Hall–Kier alpha value is -2.27. The molecule has 0 N–H and O–H groups in total. The highest BCUT2D eigenvalue weighted by molar-refractivity contribution is 5.71. The van der Waals surface area contributed by atoms with Gasteiger partial charge in [-0.15, -0.1) is 0 Å². The van der Waals surface area contributed by atoms with Crippen LogP contribution in [0.1, 0.15) is 43.4 Å².